The largest absolute Gasteiger partial charge is 0.459 e. The molecule has 6 nitrogen and oxygen atoms in total. The molecule has 0 aromatic carbocycles. The minimum Gasteiger partial charge on any atom is -0.459 e. The van der Waals surface area contributed by atoms with E-state index in [9.17, 15) is 4.79 Å². The first-order valence-corrected chi connectivity index (χ1v) is 8.62. The number of rotatable bonds is 5. The number of pyridine rings is 1. The third kappa shape index (κ3) is 4.10. The van der Waals surface area contributed by atoms with E-state index in [0.29, 0.717) is 6.04 Å². The predicted molar refractivity (Wildman–Crippen MR) is 88.1 cm³/mol. The fraction of sp³-hybridized carbons (Fsp3) is 0.500. The Kier molecular flexibility index (Phi) is 4.39. The van der Waals surface area contributed by atoms with Crippen molar-refractivity contribution in [3.8, 4) is 11.4 Å². The Balaban J connectivity index is 1.76. The molecule has 2 aromatic heterocycles. The number of hydrogen-bond acceptors (Lipinski definition) is 6. The van der Waals surface area contributed by atoms with Crippen molar-refractivity contribution in [2.24, 2.45) is 0 Å². The van der Waals surface area contributed by atoms with Gasteiger partial charge in [0.1, 0.15) is 5.60 Å². The Morgan fingerprint density at radius 2 is 2.17 bits per heavy atom. The maximum Gasteiger partial charge on any atom is 0.316 e. The molecule has 0 atom stereocenters. The van der Waals surface area contributed by atoms with Crippen molar-refractivity contribution in [1.82, 2.24) is 19.7 Å². The van der Waals surface area contributed by atoms with Crippen LogP contribution in [0.4, 0.5) is 0 Å². The van der Waals surface area contributed by atoms with E-state index < -0.39 is 5.60 Å². The minimum atomic E-state index is -0.470. The fourth-order valence-electron chi connectivity index (χ4n) is 2.22. The van der Waals surface area contributed by atoms with Crippen LogP contribution < -0.4 is 0 Å². The van der Waals surface area contributed by atoms with Gasteiger partial charge in [0, 0.05) is 24.0 Å². The van der Waals surface area contributed by atoms with E-state index in [1.807, 2.05) is 32.9 Å². The Bertz CT molecular complexity index is 690. The third-order valence-electron chi connectivity index (χ3n) is 3.24. The molecule has 3 rings (SSSR count). The molecule has 1 fully saturated rings. The van der Waals surface area contributed by atoms with Crippen LogP contribution in [0.5, 0.6) is 0 Å². The zero-order valence-electron chi connectivity index (χ0n) is 13.5. The summed E-state index contributed by atoms with van der Waals surface area (Å²) in [5.74, 6) is 0.804. The molecule has 0 amide bonds. The molecule has 7 heteroatoms. The van der Waals surface area contributed by atoms with E-state index in [-0.39, 0.29) is 11.7 Å². The van der Waals surface area contributed by atoms with Crippen molar-refractivity contribution in [2.75, 3.05) is 5.75 Å². The van der Waals surface area contributed by atoms with Gasteiger partial charge in [-0.3, -0.25) is 14.3 Å². The average molecular weight is 332 g/mol. The topological polar surface area (TPSA) is 69.9 Å². The molecule has 2 heterocycles. The summed E-state index contributed by atoms with van der Waals surface area (Å²) in [6.45, 7) is 5.59. The van der Waals surface area contributed by atoms with Crippen LogP contribution in [-0.4, -0.2) is 37.1 Å². The van der Waals surface area contributed by atoms with Crippen LogP contribution in [0.2, 0.25) is 0 Å². The average Bonchev–Trinajstić information content (AvgIpc) is 3.24. The van der Waals surface area contributed by atoms with E-state index in [1.165, 1.54) is 11.8 Å². The lowest BCUT2D eigenvalue weighted by atomic mass is 10.2. The lowest BCUT2D eigenvalue weighted by Gasteiger charge is -2.19. The molecule has 0 aliphatic heterocycles. The van der Waals surface area contributed by atoms with Crippen molar-refractivity contribution in [3.05, 3.63) is 24.5 Å². The van der Waals surface area contributed by atoms with E-state index in [0.717, 1.165) is 29.4 Å². The van der Waals surface area contributed by atoms with E-state index in [4.69, 9.17) is 4.74 Å². The summed E-state index contributed by atoms with van der Waals surface area (Å²) in [6.07, 6.45) is 5.75. The number of ether oxygens (including phenoxy) is 1. The van der Waals surface area contributed by atoms with Crippen molar-refractivity contribution in [1.29, 1.82) is 0 Å². The van der Waals surface area contributed by atoms with Gasteiger partial charge in [-0.25, -0.2) is 0 Å². The Morgan fingerprint density at radius 3 is 2.78 bits per heavy atom. The zero-order chi connectivity index (χ0) is 16.4. The Hall–Kier alpha value is -1.89. The van der Waals surface area contributed by atoms with Crippen molar-refractivity contribution in [3.63, 3.8) is 0 Å². The van der Waals surface area contributed by atoms with Gasteiger partial charge < -0.3 is 4.74 Å². The highest BCUT2D eigenvalue weighted by Gasteiger charge is 2.30. The fourth-order valence-corrected chi connectivity index (χ4v) is 3.00. The highest BCUT2D eigenvalue weighted by Crippen LogP contribution is 2.40. The molecular weight excluding hydrogens is 312 g/mol. The summed E-state index contributed by atoms with van der Waals surface area (Å²) < 4.78 is 7.46. The normalized spacial score (nSPS) is 14.7. The molecule has 0 N–H and O–H groups in total. The van der Waals surface area contributed by atoms with Gasteiger partial charge in [0.15, 0.2) is 11.0 Å². The first-order valence-electron chi connectivity index (χ1n) is 7.64. The molecule has 23 heavy (non-hydrogen) atoms. The smallest absolute Gasteiger partial charge is 0.316 e. The van der Waals surface area contributed by atoms with E-state index >= 15 is 0 Å². The lowest BCUT2D eigenvalue weighted by molar-refractivity contribution is -0.151. The molecular formula is C16H20N4O2S. The van der Waals surface area contributed by atoms with E-state index in [2.05, 4.69) is 19.7 Å². The molecule has 0 unspecified atom stereocenters. The second kappa shape index (κ2) is 6.31. The van der Waals surface area contributed by atoms with Crippen LogP contribution in [0.15, 0.2) is 29.7 Å². The summed E-state index contributed by atoms with van der Waals surface area (Å²) in [7, 11) is 0. The molecule has 1 saturated carbocycles. The Labute approximate surface area is 139 Å². The van der Waals surface area contributed by atoms with Gasteiger partial charge in [0.05, 0.1) is 5.75 Å². The monoisotopic (exact) mass is 332 g/mol. The molecule has 0 bridgehead atoms. The van der Waals surface area contributed by atoms with Gasteiger partial charge in [-0.15, -0.1) is 10.2 Å². The standard InChI is InChI=1S/C16H20N4O2S/c1-16(2,3)22-13(21)10-23-15-19-18-14(20(15)12-6-7-12)11-5-4-8-17-9-11/h4-5,8-9,12H,6-7,10H2,1-3H3. The molecule has 2 aromatic rings. The molecule has 0 radical (unpaired) electrons. The first kappa shape index (κ1) is 16.0. The molecule has 0 saturated heterocycles. The van der Waals surface area contributed by atoms with Crippen LogP contribution in [0.3, 0.4) is 0 Å². The number of carbonyl (C=O) groups excluding carboxylic acids is 1. The first-order chi connectivity index (χ1) is 10.9. The van der Waals surface area contributed by atoms with Gasteiger partial charge in [-0.1, -0.05) is 11.8 Å². The Morgan fingerprint density at radius 1 is 1.39 bits per heavy atom. The zero-order valence-corrected chi connectivity index (χ0v) is 14.3. The van der Waals surface area contributed by atoms with Crippen molar-refractivity contribution < 1.29 is 9.53 Å². The minimum absolute atomic E-state index is 0.231. The van der Waals surface area contributed by atoms with Crippen molar-refractivity contribution >= 4 is 17.7 Å². The van der Waals surface area contributed by atoms with Gasteiger partial charge in [0.25, 0.3) is 0 Å². The number of hydrogen-bond donors (Lipinski definition) is 0. The SMILES string of the molecule is CC(C)(C)OC(=O)CSc1nnc(-c2cccnc2)n1C1CC1. The maximum absolute atomic E-state index is 11.9. The van der Waals surface area contributed by atoms with Gasteiger partial charge >= 0.3 is 5.97 Å². The predicted octanol–water partition coefficient (Wildman–Crippen LogP) is 3.11. The molecule has 122 valence electrons. The number of carbonyl (C=O) groups is 1. The molecule has 1 aliphatic rings. The maximum atomic E-state index is 11.9. The van der Waals surface area contributed by atoms with Crippen LogP contribution in [0.1, 0.15) is 39.7 Å². The summed E-state index contributed by atoms with van der Waals surface area (Å²) in [4.78, 5) is 16.0. The van der Waals surface area contributed by atoms with Crippen LogP contribution in [0, 0.1) is 0 Å². The second-order valence-corrected chi connectivity index (χ2v) is 7.47. The summed E-state index contributed by atoms with van der Waals surface area (Å²) in [5, 5.41) is 9.32. The molecule has 1 aliphatic carbocycles. The molecule has 0 spiro atoms. The van der Waals surface area contributed by atoms with Crippen LogP contribution >= 0.6 is 11.8 Å². The van der Waals surface area contributed by atoms with Crippen LogP contribution in [0.25, 0.3) is 11.4 Å². The van der Waals surface area contributed by atoms with Gasteiger partial charge in [-0.05, 0) is 45.7 Å². The number of thioether (sulfide) groups is 1. The quantitative estimate of drug-likeness (QED) is 0.619. The summed E-state index contributed by atoms with van der Waals surface area (Å²) in [5.41, 5.74) is 0.471. The number of nitrogens with zero attached hydrogens (tertiary/aromatic N) is 4. The number of esters is 1. The summed E-state index contributed by atoms with van der Waals surface area (Å²) in [6, 6.07) is 4.27. The number of aromatic nitrogens is 4. The highest BCUT2D eigenvalue weighted by molar-refractivity contribution is 7.99. The third-order valence-corrected chi connectivity index (χ3v) is 4.15. The van der Waals surface area contributed by atoms with Crippen LogP contribution in [-0.2, 0) is 9.53 Å². The van der Waals surface area contributed by atoms with Gasteiger partial charge in [0.2, 0.25) is 0 Å². The lowest BCUT2D eigenvalue weighted by Crippen LogP contribution is -2.25. The highest BCUT2D eigenvalue weighted by atomic mass is 32.2. The second-order valence-electron chi connectivity index (χ2n) is 6.52. The van der Waals surface area contributed by atoms with E-state index in [1.54, 1.807) is 12.4 Å². The van der Waals surface area contributed by atoms with Crippen molar-refractivity contribution in [2.45, 2.75) is 50.4 Å². The summed E-state index contributed by atoms with van der Waals surface area (Å²) >= 11 is 1.37. The van der Waals surface area contributed by atoms with Gasteiger partial charge in [-0.2, -0.15) is 0 Å².